The fourth-order valence-electron chi connectivity index (χ4n) is 3.39. The molecule has 27 heavy (non-hydrogen) atoms. The van der Waals surface area contributed by atoms with Gasteiger partial charge >= 0.3 is 0 Å². The van der Waals surface area contributed by atoms with Crippen LogP contribution in [0.25, 0.3) is 0 Å². The van der Waals surface area contributed by atoms with E-state index >= 15 is 0 Å². The first-order valence-electron chi connectivity index (χ1n) is 9.23. The van der Waals surface area contributed by atoms with Gasteiger partial charge in [-0.05, 0) is 37.5 Å². The predicted octanol–water partition coefficient (Wildman–Crippen LogP) is 2.87. The summed E-state index contributed by atoms with van der Waals surface area (Å²) < 4.78 is 10.9. The van der Waals surface area contributed by atoms with Crippen molar-refractivity contribution in [2.45, 2.75) is 31.7 Å². The van der Waals surface area contributed by atoms with Crippen LogP contribution in [0.3, 0.4) is 0 Å². The molecule has 0 atom stereocenters. The summed E-state index contributed by atoms with van der Waals surface area (Å²) in [5.74, 6) is 1.67. The van der Waals surface area contributed by atoms with E-state index in [1.54, 1.807) is 25.5 Å². The van der Waals surface area contributed by atoms with E-state index in [0.717, 1.165) is 49.3 Å². The number of nitrogens with one attached hydrogen (secondary N) is 2. The van der Waals surface area contributed by atoms with Crippen molar-refractivity contribution in [3.05, 3.63) is 45.9 Å². The van der Waals surface area contributed by atoms with Gasteiger partial charge in [-0.25, -0.2) is 4.98 Å². The number of nitrogens with zero attached hydrogens (tertiary/aromatic N) is 2. The van der Waals surface area contributed by atoms with Gasteiger partial charge < -0.3 is 20.1 Å². The number of aryl methyl sites for hydroxylation is 1. The van der Waals surface area contributed by atoms with Crippen LogP contribution in [0.2, 0.25) is 0 Å². The van der Waals surface area contributed by atoms with Crippen molar-refractivity contribution in [1.29, 1.82) is 0 Å². The van der Waals surface area contributed by atoms with Crippen LogP contribution in [-0.2, 0) is 16.7 Å². The summed E-state index contributed by atoms with van der Waals surface area (Å²) in [6.45, 7) is 5.10. The highest BCUT2D eigenvalue weighted by Crippen LogP contribution is 2.35. The Hall–Kier alpha value is -2.12. The summed E-state index contributed by atoms with van der Waals surface area (Å²) in [7, 11) is 3.49. The Labute approximate surface area is 165 Å². The molecular formula is C20H28N4O2S. The lowest BCUT2D eigenvalue weighted by Gasteiger charge is -2.38. The second-order valence-electron chi connectivity index (χ2n) is 6.77. The summed E-state index contributed by atoms with van der Waals surface area (Å²) >= 11 is 1.70. The van der Waals surface area contributed by atoms with Crippen LogP contribution in [0, 0.1) is 6.92 Å². The number of ether oxygens (including phenoxy) is 2. The Bertz CT molecular complexity index is 752. The normalized spacial score (nSPS) is 16.8. The minimum Gasteiger partial charge on any atom is -0.497 e. The number of methoxy groups -OCH3 is 1. The van der Waals surface area contributed by atoms with Gasteiger partial charge in [0.15, 0.2) is 5.96 Å². The van der Waals surface area contributed by atoms with Crippen LogP contribution >= 0.6 is 11.3 Å². The molecule has 1 aromatic heterocycles. The zero-order valence-corrected chi connectivity index (χ0v) is 17.1. The number of aliphatic imine (C=N–C) groups is 1. The molecule has 146 valence electrons. The van der Waals surface area contributed by atoms with Crippen molar-refractivity contribution in [3.8, 4) is 5.75 Å². The van der Waals surface area contributed by atoms with Crippen molar-refractivity contribution < 1.29 is 9.47 Å². The molecule has 0 amide bonds. The maximum Gasteiger partial charge on any atom is 0.191 e. The number of aromatic nitrogens is 1. The number of rotatable bonds is 6. The minimum absolute atomic E-state index is 0.0277. The van der Waals surface area contributed by atoms with Crippen LogP contribution in [-0.4, -0.2) is 44.9 Å². The van der Waals surface area contributed by atoms with Crippen molar-refractivity contribution in [1.82, 2.24) is 15.6 Å². The Morgan fingerprint density at radius 2 is 2.00 bits per heavy atom. The van der Waals surface area contributed by atoms with Gasteiger partial charge in [0.25, 0.3) is 0 Å². The maximum absolute atomic E-state index is 5.63. The summed E-state index contributed by atoms with van der Waals surface area (Å²) in [5, 5.41) is 7.94. The van der Waals surface area contributed by atoms with Crippen LogP contribution < -0.4 is 15.4 Å². The molecule has 1 aliphatic heterocycles. The van der Waals surface area contributed by atoms with Crippen molar-refractivity contribution >= 4 is 17.3 Å². The predicted molar refractivity (Wildman–Crippen MR) is 110 cm³/mol. The quantitative estimate of drug-likeness (QED) is 0.588. The molecule has 0 saturated carbocycles. The molecule has 6 nitrogen and oxygen atoms in total. The maximum atomic E-state index is 5.63. The van der Waals surface area contributed by atoms with Gasteiger partial charge in [-0.1, -0.05) is 12.1 Å². The Kier molecular flexibility index (Phi) is 6.68. The lowest BCUT2D eigenvalue weighted by Crippen LogP contribution is -2.47. The molecule has 1 saturated heterocycles. The highest BCUT2D eigenvalue weighted by atomic mass is 32.1. The number of benzene rings is 1. The third kappa shape index (κ3) is 4.99. The Morgan fingerprint density at radius 3 is 2.59 bits per heavy atom. The van der Waals surface area contributed by atoms with Crippen LogP contribution in [0.1, 0.15) is 28.3 Å². The zero-order chi connectivity index (χ0) is 19.1. The molecule has 0 spiro atoms. The summed E-state index contributed by atoms with van der Waals surface area (Å²) in [6.07, 6.45) is 3.86. The third-order valence-electron chi connectivity index (χ3n) is 5.05. The lowest BCUT2D eigenvalue weighted by molar-refractivity contribution is 0.0513. The van der Waals surface area contributed by atoms with Gasteiger partial charge in [0.2, 0.25) is 0 Å². The van der Waals surface area contributed by atoms with E-state index in [-0.39, 0.29) is 5.41 Å². The molecule has 0 bridgehead atoms. The van der Waals surface area contributed by atoms with Crippen molar-refractivity contribution in [3.63, 3.8) is 0 Å². The Balaban J connectivity index is 1.66. The highest BCUT2D eigenvalue weighted by molar-refractivity contribution is 7.11. The first-order chi connectivity index (χ1) is 13.1. The topological polar surface area (TPSA) is 67.8 Å². The largest absolute Gasteiger partial charge is 0.497 e. The van der Waals surface area contributed by atoms with E-state index in [4.69, 9.17) is 9.47 Å². The van der Waals surface area contributed by atoms with E-state index in [2.05, 4.69) is 39.7 Å². The number of guanidine groups is 1. The molecular weight excluding hydrogens is 360 g/mol. The average Bonchev–Trinajstić information content (AvgIpc) is 3.14. The summed E-state index contributed by atoms with van der Waals surface area (Å²) in [4.78, 5) is 9.98. The molecule has 0 unspecified atom stereocenters. The highest BCUT2D eigenvalue weighted by Gasteiger charge is 2.34. The first-order valence-corrected chi connectivity index (χ1v) is 10.0. The van der Waals surface area contributed by atoms with Gasteiger partial charge in [0, 0.05) is 43.3 Å². The average molecular weight is 389 g/mol. The van der Waals surface area contributed by atoms with Crippen molar-refractivity contribution in [2.75, 3.05) is 33.9 Å². The molecule has 0 aliphatic carbocycles. The SMILES string of the molecule is CN=C(NCc1ncc(C)s1)NCC1(c2ccc(OC)cc2)CCOCC1. The van der Waals surface area contributed by atoms with Gasteiger partial charge in [0.1, 0.15) is 10.8 Å². The molecule has 7 heteroatoms. The smallest absolute Gasteiger partial charge is 0.191 e. The number of hydrogen-bond donors (Lipinski definition) is 2. The van der Waals surface area contributed by atoms with Crippen LogP contribution in [0.4, 0.5) is 0 Å². The monoisotopic (exact) mass is 388 g/mol. The first kappa shape index (κ1) is 19.6. The van der Waals surface area contributed by atoms with E-state index in [9.17, 15) is 0 Å². The number of hydrogen-bond acceptors (Lipinski definition) is 5. The molecule has 3 rings (SSSR count). The molecule has 1 fully saturated rings. The molecule has 2 aromatic rings. The lowest BCUT2D eigenvalue weighted by atomic mass is 9.74. The van der Waals surface area contributed by atoms with Crippen LogP contribution in [0.5, 0.6) is 5.75 Å². The van der Waals surface area contributed by atoms with Crippen LogP contribution in [0.15, 0.2) is 35.5 Å². The number of thiazole rings is 1. The standard InChI is InChI=1S/C20H28N4O2S/c1-15-12-22-18(27-15)13-23-19(21-2)24-14-20(8-10-26-11-9-20)16-4-6-17(25-3)7-5-16/h4-7,12H,8-11,13-14H2,1-3H3,(H2,21,23,24). The van der Waals surface area contributed by atoms with Gasteiger partial charge in [-0.2, -0.15) is 0 Å². The van der Waals surface area contributed by atoms with Gasteiger partial charge in [0.05, 0.1) is 13.7 Å². The third-order valence-corrected chi connectivity index (χ3v) is 5.96. The van der Waals surface area contributed by atoms with E-state index in [0.29, 0.717) is 6.54 Å². The zero-order valence-electron chi connectivity index (χ0n) is 16.2. The van der Waals surface area contributed by atoms with Gasteiger partial charge in [-0.3, -0.25) is 4.99 Å². The molecule has 1 aliphatic rings. The molecule has 2 N–H and O–H groups in total. The minimum atomic E-state index is 0.0277. The van der Waals surface area contributed by atoms with E-state index in [1.807, 2.05) is 18.3 Å². The van der Waals surface area contributed by atoms with Gasteiger partial charge in [-0.15, -0.1) is 11.3 Å². The molecule has 2 heterocycles. The van der Waals surface area contributed by atoms with Crippen molar-refractivity contribution in [2.24, 2.45) is 4.99 Å². The summed E-state index contributed by atoms with van der Waals surface area (Å²) in [5.41, 5.74) is 1.34. The summed E-state index contributed by atoms with van der Waals surface area (Å²) in [6, 6.07) is 8.40. The molecule has 0 radical (unpaired) electrons. The fourth-order valence-corrected chi connectivity index (χ4v) is 4.12. The second-order valence-corrected chi connectivity index (χ2v) is 8.08. The fraction of sp³-hybridized carbons (Fsp3) is 0.500. The second kappa shape index (κ2) is 9.19. The Morgan fingerprint density at radius 1 is 1.26 bits per heavy atom. The molecule has 1 aromatic carbocycles. The van der Waals surface area contributed by atoms with E-state index < -0.39 is 0 Å². The van der Waals surface area contributed by atoms with E-state index in [1.165, 1.54) is 10.4 Å².